The number of ether oxygens (including phenoxy) is 1. The Balaban J connectivity index is 2.34. The van der Waals surface area contributed by atoms with Crippen LogP contribution >= 0.6 is 0 Å². The van der Waals surface area contributed by atoms with Crippen molar-refractivity contribution in [3.05, 3.63) is 59.4 Å². The summed E-state index contributed by atoms with van der Waals surface area (Å²) >= 11 is 0. The number of benzene rings is 2. The molecule has 0 saturated heterocycles. The summed E-state index contributed by atoms with van der Waals surface area (Å²) in [5, 5.41) is 8.91. The van der Waals surface area contributed by atoms with Crippen LogP contribution in [-0.4, -0.2) is 5.78 Å². The van der Waals surface area contributed by atoms with E-state index < -0.39 is 5.82 Å². The van der Waals surface area contributed by atoms with Gasteiger partial charge in [-0.05, 0) is 37.3 Å². The second-order valence-corrected chi connectivity index (χ2v) is 3.91. The molecular weight excluding hydrogens is 245 g/mol. The van der Waals surface area contributed by atoms with Crippen LogP contribution in [0, 0.1) is 17.1 Å². The van der Waals surface area contributed by atoms with Crippen molar-refractivity contribution >= 4 is 5.78 Å². The van der Waals surface area contributed by atoms with E-state index in [-0.39, 0.29) is 22.8 Å². The zero-order chi connectivity index (χ0) is 13.8. The van der Waals surface area contributed by atoms with Crippen molar-refractivity contribution in [3.8, 4) is 17.6 Å². The molecule has 0 spiro atoms. The maximum atomic E-state index is 13.8. The molecule has 4 heteroatoms. The second kappa shape index (κ2) is 5.32. The van der Waals surface area contributed by atoms with Gasteiger partial charge in [-0.3, -0.25) is 4.79 Å². The van der Waals surface area contributed by atoms with Crippen LogP contribution in [0.5, 0.6) is 11.5 Å². The van der Waals surface area contributed by atoms with Gasteiger partial charge in [0.2, 0.25) is 0 Å². The second-order valence-electron chi connectivity index (χ2n) is 3.91. The van der Waals surface area contributed by atoms with Gasteiger partial charge in [0.05, 0.1) is 5.56 Å². The number of hydrogen-bond donors (Lipinski definition) is 0. The summed E-state index contributed by atoms with van der Waals surface area (Å²) < 4.78 is 19.1. The summed E-state index contributed by atoms with van der Waals surface area (Å²) in [5.74, 6) is -0.601. The van der Waals surface area contributed by atoms with Gasteiger partial charge in [-0.1, -0.05) is 12.1 Å². The highest BCUT2D eigenvalue weighted by atomic mass is 19.1. The Hall–Kier alpha value is -2.67. The minimum Gasteiger partial charge on any atom is -0.453 e. The predicted octanol–water partition coefficient (Wildman–Crippen LogP) is 3.69. The molecule has 2 aromatic rings. The van der Waals surface area contributed by atoms with Crippen LogP contribution in [0.1, 0.15) is 22.8 Å². The minimum atomic E-state index is -0.638. The average Bonchev–Trinajstić information content (AvgIpc) is 2.41. The highest BCUT2D eigenvalue weighted by molar-refractivity contribution is 5.94. The topological polar surface area (TPSA) is 50.1 Å². The van der Waals surface area contributed by atoms with Gasteiger partial charge in [0.25, 0.3) is 0 Å². The summed E-state index contributed by atoms with van der Waals surface area (Å²) in [6.07, 6.45) is 0. The molecule has 0 radical (unpaired) electrons. The molecule has 2 aromatic carbocycles. The number of para-hydroxylation sites is 1. The molecule has 0 amide bonds. The monoisotopic (exact) mass is 255 g/mol. The summed E-state index contributed by atoms with van der Waals surface area (Å²) in [6, 6.07) is 12.5. The number of Topliss-reactive ketones (excluding diaryl/α,β-unsaturated/α-hetero) is 1. The third-order valence-corrected chi connectivity index (χ3v) is 2.57. The van der Waals surface area contributed by atoms with Gasteiger partial charge in [-0.25, -0.2) is 4.39 Å². The van der Waals surface area contributed by atoms with E-state index in [2.05, 4.69) is 0 Å². The van der Waals surface area contributed by atoms with E-state index in [1.54, 1.807) is 24.3 Å². The standard InChI is InChI=1S/C15H10FNO2/c1-10(18)11-6-7-15(13(16)8-11)19-14-5-3-2-4-12(14)9-17/h2-8H,1H3. The lowest BCUT2D eigenvalue weighted by molar-refractivity contribution is 0.101. The Kier molecular flexibility index (Phi) is 3.58. The lowest BCUT2D eigenvalue weighted by Crippen LogP contribution is -1.96. The number of rotatable bonds is 3. The molecule has 94 valence electrons. The van der Waals surface area contributed by atoms with Crippen molar-refractivity contribution in [2.45, 2.75) is 6.92 Å². The zero-order valence-electron chi connectivity index (χ0n) is 10.2. The fourth-order valence-corrected chi connectivity index (χ4v) is 1.57. The molecule has 0 aliphatic carbocycles. The molecule has 0 aliphatic rings. The normalized spacial score (nSPS) is 9.74. The first-order valence-corrected chi connectivity index (χ1v) is 5.59. The molecule has 0 N–H and O–H groups in total. The van der Waals surface area contributed by atoms with E-state index in [0.29, 0.717) is 5.56 Å². The highest BCUT2D eigenvalue weighted by Crippen LogP contribution is 2.27. The zero-order valence-corrected chi connectivity index (χ0v) is 10.2. The molecule has 2 rings (SSSR count). The lowest BCUT2D eigenvalue weighted by atomic mass is 10.1. The Morgan fingerprint density at radius 3 is 2.58 bits per heavy atom. The minimum absolute atomic E-state index is 0.0206. The number of hydrogen-bond acceptors (Lipinski definition) is 3. The number of nitriles is 1. The van der Waals surface area contributed by atoms with Gasteiger partial charge in [-0.15, -0.1) is 0 Å². The third kappa shape index (κ3) is 2.78. The first-order chi connectivity index (χ1) is 9.11. The molecule has 0 atom stereocenters. The molecule has 3 nitrogen and oxygen atoms in total. The van der Waals surface area contributed by atoms with Crippen LogP contribution in [0.25, 0.3) is 0 Å². The smallest absolute Gasteiger partial charge is 0.166 e. The van der Waals surface area contributed by atoms with E-state index in [9.17, 15) is 9.18 Å². The van der Waals surface area contributed by atoms with Crippen LogP contribution in [0.2, 0.25) is 0 Å². The molecule has 0 fully saturated rings. The van der Waals surface area contributed by atoms with E-state index in [1.807, 2.05) is 6.07 Å². The summed E-state index contributed by atoms with van der Waals surface area (Å²) in [5.41, 5.74) is 0.593. The maximum Gasteiger partial charge on any atom is 0.166 e. The van der Waals surface area contributed by atoms with Gasteiger partial charge >= 0.3 is 0 Å². The van der Waals surface area contributed by atoms with Crippen molar-refractivity contribution in [2.24, 2.45) is 0 Å². The first-order valence-electron chi connectivity index (χ1n) is 5.59. The molecule has 0 saturated carbocycles. The van der Waals surface area contributed by atoms with Gasteiger partial charge in [0.1, 0.15) is 11.8 Å². The van der Waals surface area contributed by atoms with Crippen molar-refractivity contribution in [1.82, 2.24) is 0 Å². The average molecular weight is 255 g/mol. The van der Waals surface area contributed by atoms with Crippen LogP contribution < -0.4 is 4.74 Å². The van der Waals surface area contributed by atoms with Crippen molar-refractivity contribution < 1.29 is 13.9 Å². The summed E-state index contributed by atoms with van der Waals surface area (Å²) in [4.78, 5) is 11.1. The van der Waals surface area contributed by atoms with Crippen LogP contribution in [0.3, 0.4) is 0 Å². The molecule has 0 aliphatic heterocycles. The number of halogens is 1. The fraction of sp³-hybridized carbons (Fsp3) is 0.0667. The molecule has 0 heterocycles. The molecule has 0 bridgehead atoms. The van der Waals surface area contributed by atoms with E-state index in [0.717, 1.165) is 6.07 Å². The van der Waals surface area contributed by atoms with Crippen LogP contribution in [0.4, 0.5) is 4.39 Å². The number of carbonyl (C=O) groups is 1. The van der Waals surface area contributed by atoms with E-state index in [4.69, 9.17) is 10.00 Å². The van der Waals surface area contributed by atoms with Crippen molar-refractivity contribution in [3.63, 3.8) is 0 Å². The maximum absolute atomic E-state index is 13.8. The quantitative estimate of drug-likeness (QED) is 0.786. The molecule has 0 aromatic heterocycles. The molecule has 19 heavy (non-hydrogen) atoms. The predicted molar refractivity (Wildman–Crippen MR) is 67.6 cm³/mol. The third-order valence-electron chi connectivity index (χ3n) is 2.57. The van der Waals surface area contributed by atoms with Gasteiger partial charge in [0.15, 0.2) is 17.3 Å². The van der Waals surface area contributed by atoms with Crippen molar-refractivity contribution in [2.75, 3.05) is 0 Å². The van der Waals surface area contributed by atoms with Gasteiger partial charge in [0, 0.05) is 5.56 Å². The Morgan fingerprint density at radius 1 is 1.21 bits per heavy atom. The van der Waals surface area contributed by atoms with Crippen LogP contribution in [0.15, 0.2) is 42.5 Å². The van der Waals surface area contributed by atoms with Gasteiger partial charge in [-0.2, -0.15) is 5.26 Å². The van der Waals surface area contributed by atoms with Crippen molar-refractivity contribution in [1.29, 1.82) is 5.26 Å². The van der Waals surface area contributed by atoms with Gasteiger partial charge < -0.3 is 4.74 Å². The van der Waals surface area contributed by atoms with E-state index in [1.165, 1.54) is 19.1 Å². The molecular formula is C15H10FNO2. The lowest BCUT2D eigenvalue weighted by Gasteiger charge is -2.08. The highest BCUT2D eigenvalue weighted by Gasteiger charge is 2.10. The summed E-state index contributed by atoms with van der Waals surface area (Å²) in [6.45, 7) is 1.36. The first kappa shape index (κ1) is 12.8. The van der Waals surface area contributed by atoms with E-state index >= 15 is 0 Å². The molecule has 0 unspecified atom stereocenters. The fourth-order valence-electron chi connectivity index (χ4n) is 1.57. The Morgan fingerprint density at radius 2 is 1.95 bits per heavy atom. The number of nitrogens with zero attached hydrogens (tertiary/aromatic N) is 1. The number of carbonyl (C=O) groups excluding carboxylic acids is 1. The summed E-state index contributed by atoms with van der Waals surface area (Å²) in [7, 11) is 0. The largest absolute Gasteiger partial charge is 0.453 e. The van der Waals surface area contributed by atoms with Crippen LogP contribution in [-0.2, 0) is 0 Å². The SMILES string of the molecule is CC(=O)c1ccc(Oc2ccccc2C#N)c(F)c1. The number of ketones is 1. The Labute approximate surface area is 109 Å². The Bertz CT molecular complexity index is 674.